The van der Waals surface area contributed by atoms with E-state index in [4.69, 9.17) is 0 Å². The molecule has 3 saturated carbocycles. The number of benzene rings is 3. The highest BCUT2D eigenvalue weighted by atomic mass is 32.1. The molecule has 6 amide bonds. The number of likely N-dealkylation sites (tertiary alicyclic amines) is 3. The predicted octanol–water partition coefficient (Wildman–Crippen LogP) is 7.57. The van der Waals surface area contributed by atoms with Gasteiger partial charge in [-0.25, -0.2) is 0 Å². The fourth-order valence-electron chi connectivity index (χ4n) is 13.3. The van der Waals surface area contributed by atoms with Crippen LogP contribution in [-0.2, 0) is 49.7 Å². The monoisotopic (exact) mass is 1450 g/mol. The van der Waals surface area contributed by atoms with E-state index in [2.05, 4.69) is 61.6 Å². The van der Waals surface area contributed by atoms with E-state index in [0.717, 1.165) is 108 Å². The van der Waals surface area contributed by atoms with E-state index in [1.54, 1.807) is 35.1 Å². The molecule has 3 aliphatic heterocycles. The number of alkyl halides is 9. The first-order valence-electron chi connectivity index (χ1n) is 32.2. The van der Waals surface area contributed by atoms with Gasteiger partial charge in [-0.15, -0.1) is 34.0 Å². The quantitative estimate of drug-likeness (QED) is 0.0375. The number of aliphatic hydroxyl groups is 3. The Morgan fingerprint density at radius 2 is 0.657 bits per heavy atom. The SMILES string of the molecule is O=C(CNC(=O)c1cccc(C(F)(F)F)c1)NC1CN(C2CCC(O)(c3cncs3)CC2)C1.O=C(CNC(=O)c1cccc(C(F)(F)F)c1)NC1CN(C2CCC(O)(c3cncs3)CC2)C1.O=C(CNC(=O)c1cccc(C(F)(F)F)c1)NC1CN(C2CCC(O)(c3cncs3)CC2)C1. The van der Waals surface area contributed by atoms with Gasteiger partial charge in [-0.05, 0) is 132 Å². The lowest BCUT2D eigenvalue weighted by atomic mass is 9.80. The van der Waals surface area contributed by atoms with Crippen molar-refractivity contribution < 1.29 is 83.6 Å². The van der Waals surface area contributed by atoms with Crippen LogP contribution in [0, 0.1) is 0 Å². The van der Waals surface area contributed by atoms with Crippen molar-refractivity contribution in [2.75, 3.05) is 58.9 Å². The molecule has 534 valence electrons. The van der Waals surface area contributed by atoms with Gasteiger partial charge in [0.1, 0.15) is 16.8 Å². The van der Waals surface area contributed by atoms with Gasteiger partial charge < -0.3 is 47.2 Å². The number of carbonyl (C=O) groups is 6. The Bertz CT molecular complexity index is 3330. The molecule has 0 unspecified atom stereocenters. The third-order valence-electron chi connectivity index (χ3n) is 19.0. The van der Waals surface area contributed by atoms with Crippen LogP contribution in [0.4, 0.5) is 39.5 Å². The van der Waals surface area contributed by atoms with Crippen molar-refractivity contribution >= 4 is 69.5 Å². The summed E-state index contributed by atoms with van der Waals surface area (Å²) in [5.41, 5.74) is -0.407. The highest BCUT2D eigenvalue weighted by Gasteiger charge is 2.45. The lowest BCUT2D eigenvalue weighted by Gasteiger charge is -2.48. The molecule has 12 rings (SSSR count). The average Bonchev–Trinajstić information content (AvgIpc) is 1.75. The molecule has 3 saturated heterocycles. The molecule has 3 aromatic heterocycles. The van der Waals surface area contributed by atoms with Crippen LogP contribution in [0.5, 0.6) is 0 Å². The standard InChI is InChI=1S/3C22H25F3N4O3S/c3*23-22(24,25)15-3-1-2-14(8-15)20(31)27-10-19(30)28-16-11-29(12-16)17-4-6-21(32,7-5-17)18-9-26-13-33-18/h3*1-3,8-9,13,16-17,32H,4-7,10-12H2,(H,27,31)(H,28,30). The van der Waals surface area contributed by atoms with Crippen LogP contribution >= 0.6 is 34.0 Å². The van der Waals surface area contributed by atoms with Crippen LogP contribution in [0.2, 0.25) is 0 Å². The number of hydrogen-bond acceptors (Lipinski definition) is 18. The average molecular weight is 1450 g/mol. The molecule has 3 aliphatic carbocycles. The van der Waals surface area contributed by atoms with Crippen LogP contribution in [0.1, 0.15) is 139 Å². The van der Waals surface area contributed by atoms with E-state index < -0.39 is 69.7 Å². The number of halogens is 9. The van der Waals surface area contributed by atoms with Crippen molar-refractivity contribution in [3.8, 4) is 0 Å². The van der Waals surface area contributed by atoms with Gasteiger partial charge in [0.15, 0.2) is 0 Å². The van der Waals surface area contributed by atoms with Gasteiger partial charge in [0.05, 0.1) is 85.6 Å². The molecule has 0 atom stereocenters. The maximum Gasteiger partial charge on any atom is 0.416 e. The third-order valence-corrected chi connectivity index (χ3v) is 21.9. The van der Waals surface area contributed by atoms with Crippen LogP contribution in [0.3, 0.4) is 0 Å². The molecule has 21 nitrogen and oxygen atoms in total. The Labute approximate surface area is 575 Å². The van der Waals surface area contributed by atoms with Crippen LogP contribution in [0.15, 0.2) is 108 Å². The highest BCUT2D eigenvalue weighted by molar-refractivity contribution is 7.10. The Hall–Kier alpha value is -7.50. The minimum atomic E-state index is -4.54. The second-order valence-corrected chi connectivity index (χ2v) is 28.5. The molecule has 3 aromatic carbocycles. The fourth-order valence-corrected chi connectivity index (χ4v) is 15.6. The largest absolute Gasteiger partial charge is 0.416 e. The van der Waals surface area contributed by atoms with Gasteiger partial charge in [0.2, 0.25) is 17.7 Å². The van der Waals surface area contributed by atoms with Crippen molar-refractivity contribution in [1.29, 1.82) is 0 Å². The zero-order chi connectivity index (χ0) is 70.9. The van der Waals surface area contributed by atoms with Gasteiger partial charge in [-0.1, -0.05) is 18.2 Å². The van der Waals surface area contributed by atoms with Crippen molar-refractivity contribution in [1.82, 2.24) is 61.6 Å². The lowest BCUT2D eigenvalue weighted by molar-refractivity contribution is -0.138. The van der Waals surface area contributed by atoms with Gasteiger partial charge in [-0.3, -0.25) is 58.4 Å². The summed E-state index contributed by atoms with van der Waals surface area (Å²) in [6.45, 7) is 3.22. The second-order valence-electron chi connectivity index (χ2n) is 25.8. The number of amides is 6. The van der Waals surface area contributed by atoms with Crippen molar-refractivity contribution in [3.05, 3.63) is 156 Å². The molecule has 99 heavy (non-hydrogen) atoms. The number of nitrogens with one attached hydrogen (secondary N) is 6. The first kappa shape index (κ1) is 74.2. The minimum absolute atomic E-state index is 0.0368. The molecular weight excluding hydrogens is 1370 g/mol. The first-order valence-corrected chi connectivity index (χ1v) is 34.9. The summed E-state index contributed by atoms with van der Waals surface area (Å²) in [5.74, 6) is -3.36. The molecular formula is C66H75F9N12O9S3. The molecule has 6 aromatic rings. The first-order chi connectivity index (χ1) is 46.9. The highest BCUT2D eigenvalue weighted by Crippen LogP contribution is 2.44. The summed E-state index contributed by atoms with van der Waals surface area (Å²) in [6.07, 6.45) is 0.798. The summed E-state index contributed by atoms with van der Waals surface area (Å²) in [7, 11) is 0. The molecule has 0 spiro atoms. The van der Waals surface area contributed by atoms with Crippen LogP contribution in [-0.4, -0.2) is 176 Å². The van der Waals surface area contributed by atoms with Crippen molar-refractivity contribution in [2.45, 2.75) is 149 Å². The van der Waals surface area contributed by atoms with Gasteiger partial charge >= 0.3 is 18.5 Å². The smallest absolute Gasteiger partial charge is 0.384 e. The van der Waals surface area contributed by atoms with Crippen LogP contribution in [0.25, 0.3) is 0 Å². The van der Waals surface area contributed by atoms with Crippen molar-refractivity contribution in [2.24, 2.45) is 0 Å². The summed E-state index contributed by atoms with van der Waals surface area (Å²) in [6, 6.07) is 13.2. The molecule has 0 bridgehead atoms. The minimum Gasteiger partial charge on any atom is -0.384 e. The molecule has 9 N–H and O–H groups in total. The Morgan fingerprint density at radius 1 is 0.414 bits per heavy atom. The van der Waals surface area contributed by atoms with E-state index in [0.29, 0.717) is 95.9 Å². The van der Waals surface area contributed by atoms with E-state index in [1.165, 1.54) is 52.2 Å². The van der Waals surface area contributed by atoms with Gasteiger partial charge in [-0.2, -0.15) is 39.5 Å². The van der Waals surface area contributed by atoms with Gasteiger partial charge in [0, 0.05) is 92.7 Å². The lowest BCUT2D eigenvalue weighted by Crippen LogP contribution is -2.63. The zero-order valence-electron chi connectivity index (χ0n) is 53.3. The Morgan fingerprint density at radius 3 is 0.869 bits per heavy atom. The Kier molecular flexibility index (Phi) is 23.7. The number of nitrogens with zero attached hydrogens (tertiary/aromatic N) is 6. The summed E-state index contributed by atoms with van der Waals surface area (Å²) < 4.78 is 115. The maximum atomic E-state index is 12.8. The molecule has 6 fully saturated rings. The summed E-state index contributed by atoms with van der Waals surface area (Å²) in [4.78, 5) is 94.5. The zero-order valence-corrected chi connectivity index (χ0v) is 55.8. The summed E-state index contributed by atoms with van der Waals surface area (Å²) in [5, 5.41) is 48.1. The van der Waals surface area contributed by atoms with E-state index in [1.807, 2.05) is 0 Å². The summed E-state index contributed by atoms with van der Waals surface area (Å²) >= 11 is 4.41. The van der Waals surface area contributed by atoms with Crippen molar-refractivity contribution in [3.63, 3.8) is 0 Å². The molecule has 0 radical (unpaired) electrons. The van der Waals surface area contributed by atoms with Crippen LogP contribution < -0.4 is 31.9 Å². The predicted molar refractivity (Wildman–Crippen MR) is 347 cm³/mol. The molecule has 6 aliphatic rings. The molecule has 6 heterocycles. The van der Waals surface area contributed by atoms with E-state index in [9.17, 15) is 83.6 Å². The number of rotatable bonds is 18. The normalized spacial score (nSPS) is 24.2. The number of hydrogen-bond donors (Lipinski definition) is 9. The molecule has 33 heteroatoms. The maximum absolute atomic E-state index is 12.8. The number of thiazole rings is 3. The Balaban J connectivity index is 0.000000161. The van der Waals surface area contributed by atoms with E-state index >= 15 is 0 Å². The topological polar surface area (TPSA) is 284 Å². The fraction of sp³-hybridized carbons (Fsp3) is 0.500. The van der Waals surface area contributed by atoms with Gasteiger partial charge in [0.25, 0.3) is 17.7 Å². The number of aromatic nitrogens is 3. The second kappa shape index (κ2) is 31.6. The van der Waals surface area contributed by atoms with E-state index in [-0.39, 0.29) is 72.2 Å². The third kappa shape index (κ3) is 19.5. The number of carbonyl (C=O) groups excluding carboxylic acids is 6.